The van der Waals surface area contributed by atoms with E-state index in [-0.39, 0.29) is 5.56 Å². The molecule has 0 atom stereocenters. The fourth-order valence-electron chi connectivity index (χ4n) is 3.38. The summed E-state index contributed by atoms with van der Waals surface area (Å²) in [7, 11) is 0. The molecule has 0 saturated carbocycles. The first-order valence-electron chi connectivity index (χ1n) is 9.47. The summed E-state index contributed by atoms with van der Waals surface area (Å²) >= 11 is 0. The summed E-state index contributed by atoms with van der Waals surface area (Å²) in [5, 5.41) is 6.07. The molecule has 2 N–H and O–H groups in total. The maximum atomic E-state index is 13.7. The van der Waals surface area contributed by atoms with Gasteiger partial charge in [0.2, 0.25) is 0 Å². The smallest absolute Gasteiger partial charge is 0.258 e. The van der Waals surface area contributed by atoms with Crippen LogP contribution >= 0.6 is 0 Å². The number of carbonyl (C=O) groups excluding carboxylic acids is 1. The number of carbonyl (C=O) groups is 1. The van der Waals surface area contributed by atoms with Crippen molar-refractivity contribution in [3.05, 3.63) is 84.2 Å². The van der Waals surface area contributed by atoms with Crippen LogP contribution in [0.4, 0.5) is 27.1 Å². The third kappa shape index (κ3) is 4.14. The second-order valence-electron chi connectivity index (χ2n) is 6.88. The van der Waals surface area contributed by atoms with E-state index in [1.54, 1.807) is 24.3 Å². The minimum absolute atomic E-state index is 0.0304. The largest absolute Gasteiger partial charge is 0.372 e. The molecule has 0 aromatic heterocycles. The van der Waals surface area contributed by atoms with Crippen molar-refractivity contribution in [3.63, 3.8) is 0 Å². The Morgan fingerprint density at radius 2 is 1.36 bits per heavy atom. The molecule has 1 amide bonds. The van der Waals surface area contributed by atoms with E-state index in [1.807, 2.05) is 12.1 Å². The summed E-state index contributed by atoms with van der Waals surface area (Å²) in [6.45, 7) is 2.26. The molecule has 0 bridgehead atoms. The number of anilines is 4. The maximum absolute atomic E-state index is 13.7. The SMILES string of the molecule is O=C(Nc1ccc(Nc2ccc(N3CCCC3)cc2)cc1)c1ccccc1F. The highest BCUT2D eigenvalue weighted by Gasteiger charge is 2.12. The Morgan fingerprint density at radius 1 is 0.786 bits per heavy atom. The van der Waals surface area contributed by atoms with Crippen LogP contribution < -0.4 is 15.5 Å². The van der Waals surface area contributed by atoms with Crippen molar-refractivity contribution < 1.29 is 9.18 Å². The van der Waals surface area contributed by atoms with E-state index in [9.17, 15) is 9.18 Å². The van der Waals surface area contributed by atoms with Crippen molar-refractivity contribution in [3.8, 4) is 0 Å². The Labute approximate surface area is 164 Å². The molecule has 0 radical (unpaired) electrons. The van der Waals surface area contributed by atoms with Gasteiger partial charge in [-0.1, -0.05) is 12.1 Å². The van der Waals surface area contributed by atoms with Gasteiger partial charge < -0.3 is 15.5 Å². The minimum atomic E-state index is -0.532. The zero-order valence-corrected chi connectivity index (χ0v) is 15.5. The van der Waals surface area contributed by atoms with Crippen LogP contribution in [-0.4, -0.2) is 19.0 Å². The van der Waals surface area contributed by atoms with Crippen molar-refractivity contribution in [2.75, 3.05) is 28.6 Å². The van der Waals surface area contributed by atoms with E-state index in [4.69, 9.17) is 0 Å². The van der Waals surface area contributed by atoms with E-state index < -0.39 is 11.7 Å². The van der Waals surface area contributed by atoms with Gasteiger partial charge in [0.25, 0.3) is 5.91 Å². The number of amides is 1. The van der Waals surface area contributed by atoms with Crippen molar-refractivity contribution >= 4 is 28.7 Å². The first-order chi connectivity index (χ1) is 13.7. The summed E-state index contributed by atoms with van der Waals surface area (Å²) in [4.78, 5) is 14.6. The molecule has 1 aliphatic rings. The van der Waals surface area contributed by atoms with E-state index in [2.05, 4.69) is 39.8 Å². The number of nitrogens with one attached hydrogen (secondary N) is 2. The molecule has 0 spiro atoms. The van der Waals surface area contributed by atoms with E-state index >= 15 is 0 Å². The highest BCUT2D eigenvalue weighted by atomic mass is 19.1. The summed E-state index contributed by atoms with van der Waals surface area (Å²) in [6, 6.07) is 21.7. The van der Waals surface area contributed by atoms with Gasteiger partial charge in [0.1, 0.15) is 5.82 Å². The van der Waals surface area contributed by atoms with Gasteiger partial charge in [-0.25, -0.2) is 4.39 Å². The standard InChI is InChI=1S/C23H22FN3O/c24-22-6-2-1-5-21(22)23(28)26-19-9-7-17(8-10-19)25-18-11-13-20(14-12-18)27-15-3-4-16-27/h1-2,5-14,25H,3-4,15-16H2,(H,26,28). The minimum Gasteiger partial charge on any atom is -0.372 e. The quantitative estimate of drug-likeness (QED) is 0.626. The summed E-state index contributed by atoms with van der Waals surface area (Å²) < 4.78 is 13.7. The molecule has 1 aliphatic heterocycles. The zero-order chi connectivity index (χ0) is 19.3. The Morgan fingerprint density at radius 3 is 2.00 bits per heavy atom. The van der Waals surface area contributed by atoms with Gasteiger partial charge in [0.15, 0.2) is 0 Å². The molecule has 1 saturated heterocycles. The van der Waals surface area contributed by atoms with Crippen LogP contribution in [0.3, 0.4) is 0 Å². The van der Waals surface area contributed by atoms with Crippen LogP contribution in [0.25, 0.3) is 0 Å². The first kappa shape index (κ1) is 18.0. The zero-order valence-electron chi connectivity index (χ0n) is 15.5. The normalized spacial score (nSPS) is 13.4. The lowest BCUT2D eigenvalue weighted by molar-refractivity contribution is 0.102. The molecule has 0 unspecified atom stereocenters. The van der Waals surface area contributed by atoms with Gasteiger partial charge in [-0.05, 0) is 73.5 Å². The van der Waals surface area contributed by atoms with Gasteiger partial charge >= 0.3 is 0 Å². The summed E-state index contributed by atoms with van der Waals surface area (Å²) in [6.07, 6.45) is 2.53. The third-order valence-electron chi connectivity index (χ3n) is 4.89. The monoisotopic (exact) mass is 375 g/mol. The molecular weight excluding hydrogens is 353 g/mol. The fraction of sp³-hybridized carbons (Fsp3) is 0.174. The Balaban J connectivity index is 1.38. The number of nitrogens with zero attached hydrogens (tertiary/aromatic N) is 1. The third-order valence-corrected chi connectivity index (χ3v) is 4.89. The molecule has 4 rings (SSSR count). The summed E-state index contributed by atoms with van der Waals surface area (Å²) in [5.41, 5.74) is 3.82. The molecular formula is C23H22FN3O. The lowest BCUT2D eigenvalue weighted by Crippen LogP contribution is -2.17. The number of hydrogen-bond donors (Lipinski definition) is 2. The van der Waals surface area contributed by atoms with Gasteiger partial charge in [-0.3, -0.25) is 4.79 Å². The highest BCUT2D eigenvalue weighted by Crippen LogP contribution is 2.24. The van der Waals surface area contributed by atoms with E-state index in [0.29, 0.717) is 5.69 Å². The predicted octanol–water partition coefficient (Wildman–Crippen LogP) is 5.42. The lowest BCUT2D eigenvalue weighted by atomic mass is 10.2. The van der Waals surface area contributed by atoms with Crippen molar-refractivity contribution in [2.24, 2.45) is 0 Å². The molecule has 3 aromatic rings. The average molecular weight is 375 g/mol. The van der Waals surface area contributed by atoms with Crippen LogP contribution in [-0.2, 0) is 0 Å². The Kier molecular flexibility index (Phi) is 5.24. The van der Waals surface area contributed by atoms with Gasteiger partial charge in [0.05, 0.1) is 5.56 Å². The lowest BCUT2D eigenvalue weighted by Gasteiger charge is -2.18. The average Bonchev–Trinajstić information content (AvgIpc) is 3.25. The van der Waals surface area contributed by atoms with Crippen molar-refractivity contribution in [1.82, 2.24) is 0 Å². The first-order valence-corrected chi connectivity index (χ1v) is 9.47. The van der Waals surface area contributed by atoms with E-state index in [1.165, 1.54) is 30.7 Å². The van der Waals surface area contributed by atoms with Crippen molar-refractivity contribution in [2.45, 2.75) is 12.8 Å². The van der Waals surface area contributed by atoms with Crippen LogP contribution in [0.15, 0.2) is 72.8 Å². The molecule has 142 valence electrons. The van der Waals surface area contributed by atoms with Crippen LogP contribution in [0, 0.1) is 5.82 Å². The number of halogens is 1. The van der Waals surface area contributed by atoms with Crippen LogP contribution in [0.2, 0.25) is 0 Å². The molecule has 5 heteroatoms. The summed E-state index contributed by atoms with van der Waals surface area (Å²) in [5.74, 6) is -0.994. The number of rotatable bonds is 5. The Hall–Kier alpha value is -3.34. The van der Waals surface area contributed by atoms with Gasteiger partial charge in [-0.2, -0.15) is 0 Å². The maximum Gasteiger partial charge on any atom is 0.258 e. The second-order valence-corrected chi connectivity index (χ2v) is 6.88. The molecule has 1 fully saturated rings. The number of hydrogen-bond acceptors (Lipinski definition) is 3. The Bertz CT molecular complexity index is 948. The van der Waals surface area contributed by atoms with Crippen molar-refractivity contribution in [1.29, 1.82) is 0 Å². The van der Waals surface area contributed by atoms with Gasteiger partial charge in [-0.15, -0.1) is 0 Å². The van der Waals surface area contributed by atoms with E-state index in [0.717, 1.165) is 24.5 Å². The predicted molar refractivity (Wildman–Crippen MR) is 112 cm³/mol. The second kappa shape index (κ2) is 8.13. The number of benzene rings is 3. The molecule has 28 heavy (non-hydrogen) atoms. The topological polar surface area (TPSA) is 44.4 Å². The van der Waals surface area contributed by atoms with Crippen LogP contribution in [0.1, 0.15) is 23.2 Å². The molecule has 1 heterocycles. The fourth-order valence-corrected chi connectivity index (χ4v) is 3.38. The van der Waals surface area contributed by atoms with Gasteiger partial charge in [0, 0.05) is 35.8 Å². The highest BCUT2D eigenvalue weighted by molar-refractivity contribution is 6.04. The molecule has 4 nitrogen and oxygen atoms in total. The molecule has 0 aliphatic carbocycles. The van der Waals surface area contributed by atoms with Crippen LogP contribution in [0.5, 0.6) is 0 Å². The molecule has 3 aromatic carbocycles.